The van der Waals surface area contributed by atoms with Crippen molar-refractivity contribution in [1.82, 2.24) is 9.88 Å². The van der Waals surface area contributed by atoms with Gasteiger partial charge < -0.3 is 4.90 Å². The van der Waals surface area contributed by atoms with E-state index in [0.717, 1.165) is 28.0 Å². The van der Waals surface area contributed by atoms with Crippen molar-refractivity contribution in [2.45, 2.75) is 13.8 Å². The van der Waals surface area contributed by atoms with Crippen molar-refractivity contribution in [3.63, 3.8) is 0 Å². The van der Waals surface area contributed by atoms with Crippen LogP contribution in [0.4, 0.5) is 10.8 Å². The molecule has 4 rings (SSSR count). The number of rotatable bonds is 8. The van der Waals surface area contributed by atoms with Gasteiger partial charge in [-0.25, -0.2) is 4.98 Å². The molecule has 0 N–H and O–H groups in total. The first kappa shape index (κ1) is 22.6. The number of non-ortho nitro benzene ring substituents is 1. The Morgan fingerprint density at radius 1 is 1.06 bits per heavy atom. The third-order valence-corrected chi connectivity index (χ3v) is 7.65. The van der Waals surface area contributed by atoms with Gasteiger partial charge in [-0.1, -0.05) is 36.8 Å². The van der Waals surface area contributed by atoms with Crippen LogP contribution in [0.1, 0.15) is 23.5 Å². The third kappa shape index (κ3) is 4.61. The van der Waals surface area contributed by atoms with Crippen LogP contribution < -0.4 is 4.90 Å². The van der Waals surface area contributed by atoms with E-state index in [4.69, 9.17) is 11.6 Å². The SMILES string of the molecule is CCN(CC)CCN(C(=O)c1cc2cc([N+](=O)[O-])ccc2s1)c1nc2ccc(Cl)cc2s1. The van der Waals surface area contributed by atoms with Crippen molar-refractivity contribution in [2.75, 3.05) is 31.1 Å². The van der Waals surface area contributed by atoms with E-state index >= 15 is 0 Å². The zero-order valence-electron chi connectivity index (χ0n) is 17.6. The average molecular weight is 489 g/mol. The highest BCUT2D eigenvalue weighted by atomic mass is 35.5. The van der Waals surface area contributed by atoms with Crippen LogP contribution in [0.5, 0.6) is 0 Å². The molecular formula is C22H21ClN4O3S2. The number of anilines is 1. The number of nitro benzene ring substituents is 1. The zero-order chi connectivity index (χ0) is 22.8. The standard InChI is InChI=1S/C22H21ClN4O3S2/c1-3-25(4-2)9-10-26(22-24-17-7-5-15(23)13-19(17)32-22)21(28)20-12-14-11-16(27(29)30)6-8-18(14)31-20/h5-8,11-13H,3-4,9-10H2,1-2H3. The summed E-state index contributed by atoms with van der Waals surface area (Å²) in [5, 5.41) is 13.0. The molecule has 4 aromatic rings. The zero-order valence-corrected chi connectivity index (χ0v) is 20.0. The predicted molar refractivity (Wildman–Crippen MR) is 133 cm³/mol. The summed E-state index contributed by atoms with van der Waals surface area (Å²) >= 11 is 8.89. The Morgan fingerprint density at radius 2 is 1.84 bits per heavy atom. The number of benzene rings is 2. The Balaban J connectivity index is 1.71. The quantitative estimate of drug-likeness (QED) is 0.222. The molecule has 2 aromatic carbocycles. The molecule has 0 atom stereocenters. The minimum absolute atomic E-state index is 0.00994. The number of aromatic nitrogens is 1. The fourth-order valence-corrected chi connectivity index (χ4v) is 5.71. The van der Waals surface area contributed by atoms with Gasteiger partial charge in [0.15, 0.2) is 5.13 Å². The molecule has 1 amide bonds. The van der Waals surface area contributed by atoms with Gasteiger partial charge in [-0.3, -0.25) is 19.8 Å². The molecular weight excluding hydrogens is 468 g/mol. The van der Waals surface area contributed by atoms with Crippen LogP contribution in [-0.2, 0) is 0 Å². The highest BCUT2D eigenvalue weighted by molar-refractivity contribution is 7.23. The smallest absolute Gasteiger partial charge is 0.270 e. The molecule has 2 heterocycles. The second kappa shape index (κ2) is 9.50. The first-order valence-electron chi connectivity index (χ1n) is 10.2. The van der Waals surface area contributed by atoms with E-state index in [0.29, 0.717) is 33.5 Å². The third-order valence-electron chi connectivity index (χ3n) is 5.27. The minimum Gasteiger partial charge on any atom is -0.302 e. The van der Waals surface area contributed by atoms with Gasteiger partial charge in [0.1, 0.15) is 0 Å². The second-order valence-electron chi connectivity index (χ2n) is 7.18. The molecule has 166 valence electrons. The van der Waals surface area contributed by atoms with Gasteiger partial charge >= 0.3 is 0 Å². The van der Waals surface area contributed by atoms with Gasteiger partial charge in [-0.15, -0.1) is 11.3 Å². The molecule has 32 heavy (non-hydrogen) atoms. The van der Waals surface area contributed by atoms with Crippen LogP contribution in [-0.4, -0.2) is 46.9 Å². The largest absolute Gasteiger partial charge is 0.302 e. The van der Waals surface area contributed by atoms with E-state index < -0.39 is 4.92 Å². The van der Waals surface area contributed by atoms with Crippen LogP contribution in [0.15, 0.2) is 42.5 Å². The first-order valence-corrected chi connectivity index (χ1v) is 12.2. The number of fused-ring (bicyclic) bond motifs is 2. The van der Waals surface area contributed by atoms with E-state index in [9.17, 15) is 14.9 Å². The maximum absolute atomic E-state index is 13.6. The van der Waals surface area contributed by atoms with Crippen molar-refractivity contribution < 1.29 is 9.72 Å². The highest BCUT2D eigenvalue weighted by Crippen LogP contribution is 2.34. The number of likely N-dealkylation sites (N-methyl/N-ethyl adjacent to an activating group) is 1. The summed E-state index contributed by atoms with van der Waals surface area (Å²) in [5.41, 5.74) is 0.803. The summed E-state index contributed by atoms with van der Waals surface area (Å²) in [4.78, 5) is 33.4. The lowest BCUT2D eigenvalue weighted by Crippen LogP contribution is -2.38. The van der Waals surface area contributed by atoms with E-state index in [2.05, 4.69) is 23.7 Å². The molecule has 0 spiro atoms. The summed E-state index contributed by atoms with van der Waals surface area (Å²) in [5.74, 6) is -0.161. The molecule has 0 aliphatic heterocycles. The number of carbonyl (C=O) groups is 1. The molecule has 0 bridgehead atoms. The molecule has 10 heteroatoms. The topological polar surface area (TPSA) is 79.6 Å². The number of thiazole rings is 1. The Bertz CT molecular complexity index is 1300. The number of hydrogen-bond donors (Lipinski definition) is 0. The Labute approximate surface area is 198 Å². The van der Waals surface area contributed by atoms with Crippen LogP contribution >= 0.6 is 34.3 Å². The summed E-state index contributed by atoms with van der Waals surface area (Å²) < 4.78 is 1.75. The maximum atomic E-state index is 13.6. The Morgan fingerprint density at radius 3 is 2.56 bits per heavy atom. The van der Waals surface area contributed by atoms with Crippen LogP contribution in [0.25, 0.3) is 20.3 Å². The van der Waals surface area contributed by atoms with Crippen LogP contribution in [0.3, 0.4) is 0 Å². The van der Waals surface area contributed by atoms with E-state index in [1.807, 2.05) is 12.1 Å². The summed E-state index contributed by atoms with van der Waals surface area (Å²) in [6, 6.07) is 11.9. The number of nitro groups is 1. The fraction of sp³-hybridized carbons (Fsp3) is 0.273. The summed E-state index contributed by atoms with van der Waals surface area (Å²) in [6.45, 7) is 7.16. The number of amides is 1. The van der Waals surface area contributed by atoms with Crippen molar-refractivity contribution in [3.8, 4) is 0 Å². The van der Waals surface area contributed by atoms with E-state index in [-0.39, 0.29) is 11.6 Å². The monoisotopic (exact) mass is 488 g/mol. The number of thiophene rings is 1. The first-order chi connectivity index (χ1) is 15.4. The number of carbonyl (C=O) groups excluding carboxylic acids is 1. The molecule has 0 unspecified atom stereocenters. The molecule has 0 radical (unpaired) electrons. The predicted octanol–water partition coefficient (Wildman–Crippen LogP) is 6.06. The molecule has 0 aliphatic rings. The minimum atomic E-state index is -0.429. The van der Waals surface area contributed by atoms with Gasteiger partial charge in [0, 0.05) is 40.3 Å². The van der Waals surface area contributed by atoms with Crippen LogP contribution in [0, 0.1) is 10.1 Å². The second-order valence-corrected chi connectivity index (χ2v) is 9.71. The van der Waals surface area contributed by atoms with Crippen molar-refractivity contribution >= 4 is 71.3 Å². The number of hydrogen-bond acceptors (Lipinski definition) is 7. The Hall–Kier alpha value is -2.59. The fourth-order valence-electron chi connectivity index (χ4n) is 3.45. The van der Waals surface area contributed by atoms with Gasteiger partial charge in [-0.2, -0.15) is 0 Å². The number of halogens is 1. The molecule has 2 aromatic heterocycles. The normalized spacial score (nSPS) is 11.5. The average Bonchev–Trinajstić information content (AvgIpc) is 3.39. The van der Waals surface area contributed by atoms with Gasteiger partial charge in [0.25, 0.3) is 11.6 Å². The molecule has 0 saturated carbocycles. The lowest BCUT2D eigenvalue weighted by Gasteiger charge is -2.24. The molecule has 0 fully saturated rings. The van der Waals surface area contributed by atoms with Gasteiger partial charge in [-0.05, 0) is 43.4 Å². The lowest BCUT2D eigenvalue weighted by atomic mass is 10.2. The van der Waals surface area contributed by atoms with E-state index in [1.54, 1.807) is 23.1 Å². The van der Waals surface area contributed by atoms with Gasteiger partial charge in [0.05, 0.1) is 20.0 Å². The number of nitrogens with zero attached hydrogens (tertiary/aromatic N) is 4. The lowest BCUT2D eigenvalue weighted by molar-refractivity contribution is -0.384. The van der Waals surface area contributed by atoms with Gasteiger partial charge in [0.2, 0.25) is 0 Å². The summed E-state index contributed by atoms with van der Waals surface area (Å²) in [6.07, 6.45) is 0. The molecule has 7 nitrogen and oxygen atoms in total. The van der Waals surface area contributed by atoms with Crippen molar-refractivity contribution in [2.24, 2.45) is 0 Å². The van der Waals surface area contributed by atoms with Crippen LogP contribution in [0.2, 0.25) is 5.02 Å². The van der Waals surface area contributed by atoms with Crippen molar-refractivity contribution in [3.05, 3.63) is 62.5 Å². The highest BCUT2D eigenvalue weighted by Gasteiger charge is 2.24. The molecule has 0 aliphatic carbocycles. The maximum Gasteiger partial charge on any atom is 0.270 e. The van der Waals surface area contributed by atoms with Crippen molar-refractivity contribution in [1.29, 1.82) is 0 Å². The van der Waals surface area contributed by atoms with E-state index in [1.165, 1.54) is 34.8 Å². The Kier molecular flexibility index (Phi) is 6.71. The summed E-state index contributed by atoms with van der Waals surface area (Å²) in [7, 11) is 0. The molecule has 0 saturated heterocycles.